The molecule has 0 aliphatic carbocycles. The Hall–Kier alpha value is -3.79. The summed E-state index contributed by atoms with van der Waals surface area (Å²) in [5.74, 6) is 0.144. The highest BCUT2D eigenvalue weighted by Gasteiger charge is 2.38. The first-order valence-corrected chi connectivity index (χ1v) is 13.7. The van der Waals surface area contributed by atoms with Crippen molar-refractivity contribution < 1.29 is 31.3 Å². The maximum atomic E-state index is 14.0. The zero-order chi connectivity index (χ0) is 27.8. The van der Waals surface area contributed by atoms with E-state index in [9.17, 15) is 17.6 Å². The van der Waals surface area contributed by atoms with E-state index < -0.39 is 21.5 Å². The third kappa shape index (κ3) is 5.26. The Kier molecular flexibility index (Phi) is 7.29. The summed E-state index contributed by atoms with van der Waals surface area (Å²) in [7, 11) is -0.549. The van der Waals surface area contributed by atoms with Gasteiger partial charge in [-0.25, -0.2) is 4.39 Å². The van der Waals surface area contributed by atoms with Crippen LogP contribution in [0.4, 0.5) is 15.8 Å². The molecule has 10 heteroatoms. The van der Waals surface area contributed by atoms with E-state index in [2.05, 4.69) is 5.32 Å². The summed E-state index contributed by atoms with van der Waals surface area (Å²) in [4.78, 5) is 14.8. The number of nitrogens with zero attached hydrogens (tertiary/aromatic N) is 1. The molecule has 3 aromatic rings. The number of benzene rings is 3. The molecule has 0 radical (unpaired) electrons. The number of rotatable bonds is 8. The van der Waals surface area contributed by atoms with Crippen LogP contribution < -0.4 is 23.9 Å². The van der Waals surface area contributed by atoms with E-state index in [1.807, 2.05) is 19.1 Å². The van der Waals surface area contributed by atoms with Gasteiger partial charge in [-0.2, -0.15) is 8.42 Å². The topological polar surface area (TPSA) is 94.2 Å². The number of carbonyl (C=O) groups excluding carboxylic acids is 1. The van der Waals surface area contributed by atoms with Crippen LogP contribution in [-0.2, 0) is 21.5 Å². The number of amides is 1. The Bertz CT molecular complexity index is 1500. The number of nitrogens with one attached hydrogen (secondary N) is 1. The molecule has 0 atom stereocenters. The second kappa shape index (κ2) is 10.2. The van der Waals surface area contributed by atoms with Crippen LogP contribution in [-0.4, -0.2) is 39.8 Å². The largest absolute Gasteiger partial charge is 0.496 e. The summed E-state index contributed by atoms with van der Waals surface area (Å²) in [6.45, 7) is 6.95. The van der Waals surface area contributed by atoms with Crippen molar-refractivity contribution in [3.05, 3.63) is 65.5 Å². The summed E-state index contributed by atoms with van der Waals surface area (Å²) >= 11 is 0. The molecule has 202 valence electrons. The molecule has 0 spiro atoms. The molecule has 0 aromatic heterocycles. The van der Waals surface area contributed by atoms with Crippen molar-refractivity contribution in [1.82, 2.24) is 0 Å². The van der Waals surface area contributed by atoms with Crippen LogP contribution in [0.25, 0.3) is 11.1 Å². The molecular weight excluding hydrogens is 511 g/mol. The predicted molar refractivity (Wildman–Crippen MR) is 145 cm³/mol. The van der Waals surface area contributed by atoms with Gasteiger partial charge in [0, 0.05) is 30.3 Å². The second-order valence-corrected chi connectivity index (χ2v) is 11.5. The third-order valence-electron chi connectivity index (χ3n) is 6.47. The van der Waals surface area contributed by atoms with E-state index in [0.717, 1.165) is 11.3 Å². The van der Waals surface area contributed by atoms with Gasteiger partial charge in [0.1, 0.15) is 35.2 Å². The van der Waals surface area contributed by atoms with E-state index in [-0.39, 0.29) is 24.0 Å². The molecule has 0 unspecified atom stereocenters. The number of methoxy groups -OCH3 is 1. The molecular formula is C28H31FN2O6S. The van der Waals surface area contributed by atoms with Gasteiger partial charge in [-0.1, -0.05) is 12.1 Å². The number of aryl methyl sites for hydroxylation is 1. The Morgan fingerprint density at radius 1 is 1.03 bits per heavy atom. The van der Waals surface area contributed by atoms with Crippen LogP contribution in [0.1, 0.15) is 31.9 Å². The van der Waals surface area contributed by atoms with Gasteiger partial charge in [0.05, 0.1) is 24.2 Å². The molecule has 38 heavy (non-hydrogen) atoms. The third-order valence-corrected chi connectivity index (χ3v) is 7.62. The number of fused-ring (bicyclic) bond motifs is 1. The molecule has 1 N–H and O–H groups in total. The molecule has 1 aliphatic heterocycles. The van der Waals surface area contributed by atoms with Gasteiger partial charge in [0.2, 0.25) is 0 Å². The zero-order valence-corrected chi connectivity index (χ0v) is 23.0. The minimum absolute atomic E-state index is 0.0220. The lowest BCUT2D eigenvalue weighted by Crippen LogP contribution is -2.52. The van der Waals surface area contributed by atoms with Crippen LogP contribution in [0.15, 0.2) is 48.5 Å². The minimum atomic E-state index is -3.73. The molecule has 3 aromatic carbocycles. The summed E-state index contributed by atoms with van der Waals surface area (Å²) in [5.41, 5.74) is 3.30. The SMILES string of the molecule is CCS(=O)(=O)Oc1ccc(-c2ccc3c(c2COc2cc(F)ccc2C)N(C)C(=O)C(C)(C)N3)c(OC)c1. The number of hydrogen-bond acceptors (Lipinski definition) is 7. The lowest BCUT2D eigenvalue weighted by atomic mass is 9.91. The average molecular weight is 543 g/mol. The van der Waals surface area contributed by atoms with E-state index in [1.165, 1.54) is 32.2 Å². The fraction of sp³-hybridized carbons (Fsp3) is 0.321. The maximum absolute atomic E-state index is 14.0. The monoisotopic (exact) mass is 542 g/mol. The van der Waals surface area contributed by atoms with Gasteiger partial charge in [-0.15, -0.1) is 0 Å². The van der Waals surface area contributed by atoms with Gasteiger partial charge in [0.15, 0.2) is 0 Å². The van der Waals surface area contributed by atoms with E-state index in [0.29, 0.717) is 33.9 Å². The molecule has 0 bridgehead atoms. The standard InChI is InChI=1S/C28H31FN2O6S/c1-7-38(33,34)37-19-10-11-21(25(15-19)35-6)20-12-13-23-26(31(5)27(32)28(3,4)30-23)22(20)16-36-24-14-18(29)9-8-17(24)2/h8-15,30H,7,16H2,1-6H3. The van der Waals surface area contributed by atoms with Crippen molar-refractivity contribution in [2.75, 3.05) is 30.1 Å². The van der Waals surface area contributed by atoms with Gasteiger partial charge in [-0.05, 0) is 63.1 Å². The van der Waals surface area contributed by atoms with Crippen LogP contribution >= 0.6 is 0 Å². The van der Waals surface area contributed by atoms with Crippen molar-refractivity contribution in [3.8, 4) is 28.4 Å². The molecule has 8 nitrogen and oxygen atoms in total. The van der Waals surface area contributed by atoms with Crippen LogP contribution in [0, 0.1) is 12.7 Å². The second-order valence-electron chi connectivity index (χ2n) is 9.59. The zero-order valence-electron chi connectivity index (χ0n) is 22.2. The Morgan fingerprint density at radius 2 is 1.74 bits per heavy atom. The van der Waals surface area contributed by atoms with Crippen LogP contribution in [0.5, 0.6) is 17.2 Å². The molecule has 0 saturated heterocycles. The van der Waals surface area contributed by atoms with Crippen molar-refractivity contribution >= 4 is 27.4 Å². The van der Waals surface area contributed by atoms with E-state index in [1.54, 1.807) is 44.0 Å². The van der Waals surface area contributed by atoms with Crippen molar-refractivity contribution in [2.24, 2.45) is 0 Å². The Balaban J connectivity index is 1.87. The first-order valence-electron chi connectivity index (χ1n) is 12.1. The minimum Gasteiger partial charge on any atom is -0.496 e. The number of likely N-dealkylation sites (N-methyl/N-ethyl adjacent to an activating group) is 1. The molecule has 1 heterocycles. The fourth-order valence-electron chi connectivity index (χ4n) is 4.46. The summed E-state index contributed by atoms with van der Waals surface area (Å²) < 4.78 is 54.8. The van der Waals surface area contributed by atoms with E-state index >= 15 is 0 Å². The molecule has 1 aliphatic rings. The number of ether oxygens (including phenoxy) is 2. The highest BCUT2D eigenvalue weighted by atomic mass is 32.2. The van der Waals surface area contributed by atoms with Crippen molar-refractivity contribution in [1.29, 1.82) is 0 Å². The fourth-order valence-corrected chi connectivity index (χ4v) is 4.98. The number of halogens is 1. The van der Waals surface area contributed by atoms with Crippen molar-refractivity contribution in [2.45, 2.75) is 39.8 Å². The van der Waals surface area contributed by atoms with Gasteiger partial charge >= 0.3 is 10.1 Å². The lowest BCUT2D eigenvalue weighted by molar-refractivity contribution is -0.121. The quantitative estimate of drug-likeness (QED) is 0.387. The molecule has 4 rings (SSSR count). The summed E-state index contributed by atoms with van der Waals surface area (Å²) in [5, 5.41) is 3.30. The first kappa shape index (κ1) is 27.3. The average Bonchev–Trinajstić information content (AvgIpc) is 2.87. The summed E-state index contributed by atoms with van der Waals surface area (Å²) in [6.07, 6.45) is 0. The first-order chi connectivity index (χ1) is 17.9. The molecule has 0 fully saturated rings. The Morgan fingerprint density at radius 3 is 2.42 bits per heavy atom. The van der Waals surface area contributed by atoms with Gasteiger partial charge in [0.25, 0.3) is 5.91 Å². The highest BCUT2D eigenvalue weighted by molar-refractivity contribution is 7.87. The van der Waals surface area contributed by atoms with Crippen LogP contribution in [0.2, 0.25) is 0 Å². The molecule has 0 saturated carbocycles. The van der Waals surface area contributed by atoms with E-state index in [4.69, 9.17) is 13.7 Å². The number of anilines is 2. The summed E-state index contributed by atoms with van der Waals surface area (Å²) in [6, 6.07) is 12.8. The Labute approximate surface area is 222 Å². The van der Waals surface area contributed by atoms with Gasteiger partial charge in [-0.3, -0.25) is 4.79 Å². The lowest BCUT2D eigenvalue weighted by Gasteiger charge is -2.39. The van der Waals surface area contributed by atoms with Crippen LogP contribution in [0.3, 0.4) is 0 Å². The van der Waals surface area contributed by atoms with Crippen molar-refractivity contribution in [3.63, 3.8) is 0 Å². The number of carbonyl (C=O) groups is 1. The molecule has 1 amide bonds. The predicted octanol–water partition coefficient (Wildman–Crippen LogP) is 5.28. The smallest absolute Gasteiger partial charge is 0.308 e. The van der Waals surface area contributed by atoms with Gasteiger partial charge < -0.3 is 23.9 Å². The normalized spacial score (nSPS) is 14.5. The number of hydrogen-bond donors (Lipinski definition) is 1. The maximum Gasteiger partial charge on any atom is 0.308 e. The highest BCUT2D eigenvalue weighted by Crippen LogP contribution is 2.45.